The predicted molar refractivity (Wildman–Crippen MR) is 141 cm³/mol. The summed E-state index contributed by atoms with van der Waals surface area (Å²) in [6.45, 7) is 10.3. The van der Waals surface area contributed by atoms with E-state index < -0.39 is 5.76 Å². The van der Waals surface area contributed by atoms with Crippen molar-refractivity contribution in [1.82, 2.24) is 24.5 Å². The summed E-state index contributed by atoms with van der Waals surface area (Å²) in [4.78, 5) is 58.0. The molecule has 1 aromatic carbocycles. The highest BCUT2D eigenvalue weighted by atomic mass is 16.4. The van der Waals surface area contributed by atoms with Crippen molar-refractivity contribution in [3.05, 3.63) is 73.6 Å². The first-order valence-electron chi connectivity index (χ1n) is 12.0. The van der Waals surface area contributed by atoms with Crippen LogP contribution in [-0.2, 0) is 0 Å². The lowest BCUT2D eigenvalue weighted by molar-refractivity contribution is 0.103. The number of nitrogens with zero attached hydrogens (tertiary/aromatic N) is 5. The fourth-order valence-corrected chi connectivity index (χ4v) is 4.93. The number of carbonyl (C=O) groups is 1. The van der Waals surface area contributed by atoms with Gasteiger partial charge in [0, 0.05) is 30.8 Å². The van der Waals surface area contributed by atoms with E-state index in [9.17, 15) is 14.4 Å². The number of piperidine rings is 1. The Morgan fingerprint density at radius 1 is 1.16 bits per heavy atom. The second kappa shape index (κ2) is 9.49. The number of nitrogens with one attached hydrogen (secondary N) is 2. The number of benzene rings is 1. The van der Waals surface area contributed by atoms with Crippen molar-refractivity contribution >= 4 is 41.3 Å². The maximum absolute atomic E-state index is 13.3. The zero-order valence-corrected chi connectivity index (χ0v) is 20.9. The number of ketones is 1. The van der Waals surface area contributed by atoms with Gasteiger partial charge in [-0.1, -0.05) is 6.08 Å². The van der Waals surface area contributed by atoms with E-state index in [1.807, 2.05) is 19.1 Å². The summed E-state index contributed by atoms with van der Waals surface area (Å²) in [6.07, 6.45) is 5.16. The van der Waals surface area contributed by atoms with Gasteiger partial charge in [-0.05, 0) is 64.1 Å². The molecule has 190 valence electrons. The number of hydrogen-bond acceptors (Lipinski definition) is 8. The van der Waals surface area contributed by atoms with Crippen molar-refractivity contribution in [1.29, 1.82) is 0 Å². The van der Waals surface area contributed by atoms with Crippen LogP contribution in [0.5, 0.6) is 0 Å². The van der Waals surface area contributed by atoms with Gasteiger partial charge in [-0.15, -0.1) is 0 Å². The van der Waals surface area contributed by atoms with Crippen LogP contribution in [0.2, 0.25) is 0 Å². The van der Waals surface area contributed by atoms with Gasteiger partial charge in [-0.3, -0.25) is 19.3 Å². The Morgan fingerprint density at radius 2 is 1.92 bits per heavy atom. The molecule has 3 aromatic heterocycles. The van der Waals surface area contributed by atoms with Gasteiger partial charge >= 0.3 is 11.4 Å². The van der Waals surface area contributed by atoms with E-state index in [4.69, 9.17) is 4.42 Å². The average Bonchev–Trinajstić information content (AvgIpc) is 3.42. The van der Waals surface area contributed by atoms with E-state index in [1.54, 1.807) is 36.6 Å². The van der Waals surface area contributed by atoms with Gasteiger partial charge < -0.3 is 9.32 Å². The smallest absolute Gasteiger partial charge is 0.408 e. The van der Waals surface area contributed by atoms with Crippen LogP contribution in [0.3, 0.4) is 0 Å². The van der Waals surface area contributed by atoms with Crippen molar-refractivity contribution < 1.29 is 9.21 Å². The SMILES string of the molecule is C=Nc1[nH]c(=O)n(C2CCN(c3cc(C(=O)c4cc(C)c5[nH]c(=O)oc5c4)nc(C)n3)CC2)c1/C=C\C. The average molecular weight is 502 g/mol. The van der Waals surface area contributed by atoms with Crippen molar-refractivity contribution in [3.8, 4) is 0 Å². The summed E-state index contributed by atoms with van der Waals surface area (Å²) in [5.41, 5.74) is 2.78. The number of imidazole rings is 1. The molecule has 1 aliphatic heterocycles. The van der Waals surface area contributed by atoms with Crippen LogP contribution in [-0.4, -0.2) is 50.1 Å². The molecule has 1 fully saturated rings. The van der Waals surface area contributed by atoms with Gasteiger partial charge in [0.15, 0.2) is 11.4 Å². The third-order valence-electron chi connectivity index (χ3n) is 6.63. The molecule has 0 bridgehead atoms. The summed E-state index contributed by atoms with van der Waals surface area (Å²) in [5.74, 6) is 0.752. The molecule has 5 rings (SSSR count). The number of aromatic amines is 2. The molecule has 11 heteroatoms. The second-order valence-corrected chi connectivity index (χ2v) is 9.08. The topological polar surface area (TPSA) is 142 Å². The van der Waals surface area contributed by atoms with E-state index in [-0.39, 0.29) is 23.2 Å². The monoisotopic (exact) mass is 501 g/mol. The van der Waals surface area contributed by atoms with Crippen LogP contribution in [0.1, 0.15) is 58.9 Å². The number of carbonyl (C=O) groups excluding carboxylic acids is 1. The Morgan fingerprint density at radius 3 is 2.62 bits per heavy atom. The summed E-state index contributed by atoms with van der Waals surface area (Å²) in [5, 5.41) is 0. The molecule has 0 unspecified atom stereocenters. The maximum atomic E-state index is 13.3. The Labute approximate surface area is 211 Å². The molecule has 1 aliphatic rings. The summed E-state index contributed by atoms with van der Waals surface area (Å²) in [7, 11) is 0. The highest BCUT2D eigenvalue weighted by Gasteiger charge is 2.26. The molecule has 11 nitrogen and oxygen atoms in total. The Kier molecular flexibility index (Phi) is 6.20. The second-order valence-electron chi connectivity index (χ2n) is 9.08. The number of anilines is 1. The fourth-order valence-electron chi connectivity index (χ4n) is 4.93. The lowest BCUT2D eigenvalue weighted by Crippen LogP contribution is -2.38. The standard InChI is InChI=1S/C26H27N7O4/c1-5-6-19-24(27-4)31-25(35)33(19)17-7-9-32(10-8-17)21-13-18(28-15(3)29-21)23(34)16-11-14(2)22-20(12-16)37-26(36)30-22/h5-6,11-13,17H,4,7-10H2,1-3H3,(H,30,36)(H,31,35)/b6-5-. The number of aliphatic imine (C=N–C) groups is 1. The van der Waals surface area contributed by atoms with Gasteiger partial charge in [-0.25, -0.2) is 24.5 Å². The number of fused-ring (bicyclic) bond motifs is 1. The fraction of sp³-hybridized carbons (Fsp3) is 0.308. The van der Waals surface area contributed by atoms with Gasteiger partial charge in [0.2, 0.25) is 5.78 Å². The summed E-state index contributed by atoms with van der Waals surface area (Å²) >= 11 is 0. The maximum Gasteiger partial charge on any atom is 0.417 e. The van der Waals surface area contributed by atoms with E-state index in [1.165, 1.54) is 0 Å². The summed E-state index contributed by atoms with van der Waals surface area (Å²) < 4.78 is 6.91. The Bertz CT molecular complexity index is 1660. The highest BCUT2D eigenvalue weighted by Crippen LogP contribution is 2.29. The minimum atomic E-state index is -0.567. The molecule has 4 aromatic rings. The molecular formula is C26H27N7O4. The molecule has 0 atom stereocenters. The number of H-pyrrole nitrogens is 2. The van der Waals surface area contributed by atoms with Crippen molar-refractivity contribution in [2.45, 2.75) is 39.7 Å². The van der Waals surface area contributed by atoms with Crippen LogP contribution in [0.15, 0.2) is 43.3 Å². The molecule has 0 amide bonds. The quantitative estimate of drug-likeness (QED) is 0.304. The molecule has 0 radical (unpaired) electrons. The molecule has 0 saturated carbocycles. The van der Waals surface area contributed by atoms with Gasteiger partial charge in [0.25, 0.3) is 0 Å². The molecule has 2 N–H and O–H groups in total. The number of oxazole rings is 1. The lowest BCUT2D eigenvalue weighted by Gasteiger charge is -2.33. The Balaban J connectivity index is 1.39. The van der Waals surface area contributed by atoms with Crippen LogP contribution in [0.25, 0.3) is 17.2 Å². The van der Waals surface area contributed by atoms with Crippen molar-refractivity contribution in [3.63, 3.8) is 0 Å². The largest absolute Gasteiger partial charge is 0.417 e. The third-order valence-corrected chi connectivity index (χ3v) is 6.63. The molecule has 0 spiro atoms. The highest BCUT2D eigenvalue weighted by molar-refractivity contribution is 6.09. The first kappa shape index (κ1) is 24.2. The number of allylic oxidation sites excluding steroid dienone is 1. The van der Waals surface area contributed by atoms with Gasteiger partial charge in [0.1, 0.15) is 17.3 Å². The normalized spacial score (nSPS) is 14.6. The zero-order valence-electron chi connectivity index (χ0n) is 20.9. The van der Waals surface area contributed by atoms with Gasteiger partial charge in [0.05, 0.1) is 11.2 Å². The minimum absolute atomic E-state index is 0.00329. The van der Waals surface area contributed by atoms with E-state index in [0.29, 0.717) is 60.1 Å². The van der Waals surface area contributed by atoms with Crippen LogP contribution in [0.4, 0.5) is 11.6 Å². The number of hydrogen-bond donors (Lipinski definition) is 2. The van der Waals surface area contributed by atoms with Crippen LogP contribution in [0, 0.1) is 13.8 Å². The van der Waals surface area contributed by atoms with Crippen molar-refractivity contribution in [2.75, 3.05) is 18.0 Å². The van der Waals surface area contributed by atoms with Crippen LogP contribution >= 0.6 is 0 Å². The van der Waals surface area contributed by atoms with Crippen molar-refractivity contribution in [2.24, 2.45) is 4.99 Å². The van der Waals surface area contributed by atoms with E-state index >= 15 is 0 Å². The third kappa shape index (κ3) is 4.44. The molecule has 37 heavy (non-hydrogen) atoms. The first-order chi connectivity index (χ1) is 17.8. The van der Waals surface area contributed by atoms with Gasteiger partial charge in [-0.2, -0.15) is 0 Å². The van der Waals surface area contributed by atoms with Crippen LogP contribution < -0.4 is 16.3 Å². The van der Waals surface area contributed by atoms with E-state index in [0.717, 1.165) is 11.3 Å². The predicted octanol–water partition coefficient (Wildman–Crippen LogP) is 3.46. The first-order valence-corrected chi connectivity index (χ1v) is 12.0. The lowest BCUT2D eigenvalue weighted by atomic mass is 10.0. The Hall–Kier alpha value is -4.54. The molecule has 0 aliphatic carbocycles. The number of rotatable bonds is 6. The molecule has 1 saturated heterocycles. The minimum Gasteiger partial charge on any atom is -0.408 e. The molecule has 4 heterocycles. The molecular weight excluding hydrogens is 474 g/mol. The number of aryl methyl sites for hydroxylation is 2. The number of aromatic nitrogens is 5. The zero-order chi connectivity index (χ0) is 26.3. The van der Waals surface area contributed by atoms with E-state index in [2.05, 4.69) is 36.5 Å². The summed E-state index contributed by atoms with van der Waals surface area (Å²) in [6, 6.07) is 4.95.